The molecule has 5 nitrogen and oxygen atoms in total. The van der Waals surface area contributed by atoms with Crippen molar-refractivity contribution >= 4 is 16.8 Å². The van der Waals surface area contributed by atoms with Crippen molar-refractivity contribution in [2.75, 3.05) is 19.7 Å². The zero-order valence-corrected chi connectivity index (χ0v) is 12.1. The van der Waals surface area contributed by atoms with Gasteiger partial charge in [-0.05, 0) is 18.6 Å². The summed E-state index contributed by atoms with van der Waals surface area (Å²) in [4.78, 5) is 18.2. The quantitative estimate of drug-likeness (QED) is 0.923. The first-order valence-electron chi connectivity index (χ1n) is 7.07. The third-order valence-corrected chi connectivity index (χ3v) is 3.98. The predicted octanol–water partition coefficient (Wildman–Crippen LogP) is 1.31. The van der Waals surface area contributed by atoms with Gasteiger partial charge in [-0.25, -0.2) is 0 Å². The Morgan fingerprint density at radius 1 is 1.43 bits per heavy atom. The molecule has 0 unspecified atom stereocenters. The number of carbonyl (C=O) groups is 1. The van der Waals surface area contributed by atoms with Crippen molar-refractivity contribution in [3.63, 3.8) is 0 Å². The van der Waals surface area contributed by atoms with Crippen LogP contribution in [-0.4, -0.2) is 41.1 Å². The molecule has 1 fully saturated rings. The molecule has 110 valence electrons. The Kier molecular flexibility index (Phi) is 3.61. The maximum atomic E-state index is 11.5. The lowest BCUT2D eigenvalue weighted by atomic mass is 10.0. The van der Waals surface area contributed by atoms with Crippen molar-refractivity contribution in [2.45, 2.75) is 19.1 Å². The second-order valence-electron chi connectivity index (χ2n) is 5.65. The summed E-state index contributed by atoms with van der Waals surface area (Å²) in [6, 6.07) is 10.2. The lowest BCUT2D eigenvalue weighted by Gasteiger charge is -2.38. The maximum Gasteiger partial charge on any atom is 0.250 e. The lowest BCUT2D eigenvalue weighted by molar-refractivity contribution is -0.153. The molecular weight excluding hydrogens is 266 g/mol. The first-order valence-corrected chi connectivity index (χ1v) is 7.07. The van der Waals surface area contributed by atoms with Gasteiger partial charge in [-0.15, -0.1) is 0 Å². The fourth-order valence-electron chi connectivity index (χ4n) is 2.77. The Balaban J connectivity index is 1.84. The minimum Gasteiger partial charge on any atom is -0.367 e. The number of carbonyl (C=O) groups excluding carboxylic acids is 1. The van der Waals surface area contributed by atoms with Crippen molar-refractivity contribution in [1.82, 2.24) is 9.88 Å². The molecule has 1 aliphatic rings. The number of amides is 1. The van der Waals surface area contributed by atoms with Gasteiger partial charge in [0.05, 0.1) is 12.1 Å². The summed E-state index contributed by atoms with van der Waals surface area (Å²) in [5, 5.41) is 1.13. The van der Waals surface area contributed by atoms with Crippen molar-refractivity contribution in [3.8, 4) is 0 Å². The molecule has 0 spiro atoms. The minimum atomic E-state index is -0.906. The summed E-state index contributed by atoms with van der Waals surface area (Å²) >= 11 is 0. The molecule has 1 aliphatic heterocycles. The number of morpholine rings is 1. The molecule has 1 atom stereocenters. The van der Waals surface area contributed by atoms with Crippen LogP contribution in [0.2, 0.25) is 0 Å². The first-order chi connectivity index (χ1) is 10.1. The van der Waals surface area contributed by atoms with Crippen molar-refractivity contribution in [1.29, 1.82) is 0 Å². The van der Waals surface area contributed by atoms with Gasteiger partial charge in [-0.2, -0.15) is 0 Å². The Labute approximate surface area is 123 Å². The average Bonchev–Trinajstić information content (AvgIpc) is 2.48. The Bertz CT molecular complexity index is 668. The molecule has 0 saturated carbocycles. The van der Waals surface area contributed by atoms with E-state index >= 15 is 0 Å². The van der Waals surface area contributed by atoms with Crippen LogP contribution in [0.15, 0.2) is 36.5 Å². The summed E-state index contributed by atoms with van der Waals surface area (Å²) in [6.45, 7) is 4.29. The van der Waals surface area contributed by atoms with E-state index in [9.17, 15) is 4.79 Å². The third-order valence-electron chi connectivity index (χ3n) is 3.98. The maximum absolute atomic E-state index is 11.5. The van der Waals surface area contributed by atoms with Crippen molar-refractivity contribution in [2.24, 2.45) is 5.73 Å². The largest absolute Gasteiger partial charge is 0.367 e. The second kappa shape index (κ2) is 5.42. The van der Waals surface area contributed by atoms with E-state index in [-0.39, 0.29) is 0 Å². The van der Waals surface area contributed by atoms with E-state index in [0.717, 1.165) is 29.6 Å². The van der Waals surface area contributed by atoms with Gasteiger partial charge >= 0.3 is 0 Å². The van der Waals surface area contributed by atoms with Crippen molar-refractivity contribution in [3.05, 3.63) is 42.1 Å². The number of rotatable bonds is 3. The number of hydrogen-bond donors (Lipinski definition) is 1. The normalized spacial score (nSPS) is 23.3. The van der Waals surface area contributed by atoms with E-state index in [1.165, 1.54) is 0 Å². The SMILES string of the molecule is C[C@]1(C(N)=O)CN(Cc2cccc3cccnc23)CCO1. The van der Waals surface area contributed by atoms with Gasteiger partial charge in [-0.3, -0.25) is 14.7 Å². The molecule has 2 N–H and O–H groups in total. The van der Waals surface area contributed by atoms with Crippen LogP contribution in [-0.2, 0) is 16.1 Å². The van der Waals surface area contributed by atoms with Gasteiger partial charge in [0.1, 0.15) is 0 Å². The summed E-state index contributed by atoms with van der Waals surface area (Å²) in [5.41, 5.74) is 6.70. The molecule has 1 aromatic carbocycles. The van der Waals surface area contributed by atoms with Crippen LogP contribution in [0, 0.1) is 0 Å². The number of benzene rings is 1. The Morgan fingerprint density at radius 3 is 3.05 bits per heavy atom. The highest BCUT2D eigenvalue weighted by Crippen LogP contribution is 2.22. The van der Waals surface area contributed by atoms with Crippen LogP contribution in [0.25, 0.3) is 10.9 Å². The molecule has 2 heterocycles. The van der Waals surface area contributed by atoms with Crippen LogP contribution in [0.1, 0.15) is 12.5 Å². The molecule has 0 aliphatic carbocycles. The number of ether oxygens (including phenoxy) is 1. The fraction of sp³-hybridized carbons (Fsp3) is 0.375. The van der Waals surface area contributed by atoms with Gasteiger partial charge in [0.15, 0.2) is 5.60 Å². The summed E-state index contributed by atoms with van der Waals surface area (Å²) < 4.78 is 5.55. The topological polar surface area (TPSA) is 68.5 Å². The molecule has 21 heavy (non-hydrogen) atoms. The van der Waals surface area contributed by atoms with Gasteiger partial charge in [0, 0.05) is 31.2 Å². The lowest BCUT2D eigenvalue weighted by Crippen LogP contribution is -2.56. The van der Waals surface area contributed by atoms with Crippen molar-refractivity contribution < 1.29 is 9.53 Å². The molecule has 1 amide bonds. The Hall–Kier alpha value is -1.98. The summed E-state index contributed by atoms with van der Waals surface area (Å²) in [7, 11) is 0. The molecule has 1 aromatic heterocycles. The number of nitrogens with two attached hydrogens (primary N) is 1. The molecular formula is C16H19N3O2. The highest BCUT2D eigenvalue weighted by Gasteiger charge is 2.37. The number of para-hydroxylation sites is 1. The molecule has 0 radical (unpaired) electrons. The number of hydrogen-bond acceptors (Lipinski definition) is 4. The van der Waals surface area contributed by atoms with E-state index < -0.39 is 11.5 Å². The number of aromatic nitrogens is 1. The van der Waals surface area contributed by atoms with E-state index in [1.807, 2.05) is 12.1 Å². The number of pyridine rings is 1. The average molecular weight is 285 g/mol. The predicted molar refractivity (Wildman–Crippen MR) is 80.6 cm³/mol. The summed E-state index contributed by atoms with van der Waals surface area (Å²) in [6.07, 6.45) is 1.80. The van der Waals surface area contributed by atoms with E-state index in [0.29, 0.717) is 13.2 Å². The molecule has 3 rings (SSSR count). The van der Waals surface area contributed by atoms with Crippen LogP contribution in [0.5, 0.6) is 0 Å². The van der Waals surface area contributed by atoms with E-state index in [4.69, 9.17) is 10.5 Å². The van der Waals surface area contributed by atoms with Gasteiger partial charge in [-0.1, -0.05) is 24.3 Å². The number of fused-ring (bicyclic) bond motifs is 1. The first kappa shape index (κ1) is 14.0. The van der Waals surface area contributed by atoms with Crippen LogP contribution >= 0.6 is 0 Å². The number of nitrogens with zero attached hydrogens (tertiary/aromatic N) is 2. The molecule has 5 heteroatoms. The molecule has 1 saturated heterocycles. The second-order valence-corrected chi connectivity index (χ2v) is 5.65. The highest BCUT2D eigenvalue weighted by atomic mass is 16.5. The van der Waals surface area contributed by atoms with Gasteiger partial charge in [0.2, 0.25) is 0 Å². The third kappa shape index (κ3) is 2.75. The van der Waals surface area contributed by atoms with Gasteiger partial charge in [0.25, 0.3) is 5.91 Å². The molecule has 0 bridgehead atoms. The Morgan fingerprint density at radius 2 is 2.24 bits per heavy atom. The summed E-state index contributed by atoms with van der Waals surface area (Å²) in [5.74, 6) is -0.414. The molecule has 2 aromatic rings. The monoisotopic (exact) mass is 285 g/mol. The van der Waals surface area contributed by atoms with Gasteiger partial charge < -0.3 is 10.5 Å². The van der Waals surface area contributed by atoms with E-state index in [2.05, 4.69) is 28.1 Å². The van der Waals surface area contributed by atoms with Crippen LogP contribution < -0.4 is 5.73 Å². The zero-order chi connectivity index (χ0) is 14.9. The smallest absolute Gasteiger partial charge is 0.250 e. The minimum absolute atomic E-state index is 0.414. The van der Waals surface area contributed by atoms with Crippen LogP contribution in [0.3, 0.4) is 0 Å². The van der Waals surface area contributed by atoms with Crippen LogP contribution in [0.4, 0.5) is 0 Å². The number of primary amides is 1. The zero-order valence-electron chi connectivity index (χ0n) is 12.1. The standard InChI is InChI=1S/C16H19N3O2/c1-16(15(17)20)11-19(8-9-21-16)10-13-5-2-4-12-6-3-7-18-14(12)13/h2-7H,8-11H2,1H3,(H2,17,20)/t16-/m1/s1. The fourth-order valence-corrected chi connectivity index (χ4v) is 2.77. The van der Waals surface area contributed by atoms with E-state index in [1.54, 1.807) is 13.1 Å². The highest BCUT2D eigenvalue weighted by molar-refractivity contribution is 5.83.